The third-order valence-corrected chi connectivity index (χ3v) is 1.82. The molecule has 0 unspecified atom stereocenters. The Balaban J connectivity index is 2.85. The van der Waals surface area contributed by atoms with Crippen LogP contribution in [0.5, 0.6) is 5.75 Å². The fraction of sp³-hybridized carbons (Fsp3) is 0.250. The van der Waals surface area contributed by atoms with Gasteiger partial charge in [-0.3, -0.25) is 0 Å². The summed E-state index contributed by atoms with van der Waals surface area (Å²) >= 11 is 0. The zero-order chi connectivity index (χ0) is 14.5. The van der Waals surface area contributed by atoms with E-state index in [1.807, 2.05) is 0 Å². The highest BCUT2D eigenvalue weighted by atomic mass is 19.4. The molecule has 2 N–H and O–H groups in total. The molecule has 0 amide bonds. The average molecular weight is 273 g/mol. The van der Waals surface area contributed by atoms with Crippen LogP contribution in [0.4, 0.5) is 18.9 Å². The van der Waals surface area contributed by atoms with Crippen molar-refractivity contribution < 1.29 is 27.4 Å². The topological polar surface area (TPSA) is 61.5 Å². The first-order chi connectivity index (χ1) is 8.81. The van der Waals surface area contributed by atoms with Gasteiger partial charge in [0.2, 0.25) is 0 Å². The summed E-state index contributed by atoms with van der Waals surface area (Å²) in [5.41, 5.74) is 5.43. The van der Waals surface area contributed by atoms with Gasteiger partial charge in [-0.15, -0.1) is 13.2 Å². The van der Waals surface area contributed by atoms with Gasteiger partial charge in [0.1, 0.15) is 0 Å². The highest BCUT2D eigenvalue weighted by Crippen LogP contribution is 2.28. The van der Waals surface area contributed by atoms with E-state index in [0.717, 1.165) is 6.07 Å². The second kappa shape index (κ2) is 6.00. The molecule has 0 saturated heterocycles. The Bertz CT molecular complexity index is 529. The van der Waals surface area contributed by atoms with Crippen molar-refractivity contribution in [2.45, 2.75) is 13.3 Å². The molecule has 1 aromatic carbocycles. The monoisotopic (exact) mass is 273 g/mol. The lowest BCUT2D eigenvalue weighted by Gasteiger charge is -2.10. The van der Waals surface area contributed by atoms with Crippen LogP contribution in [-0.2, 0) is 9.53 Å². The summed E-state index contributed by atoms with van der Waals surface area (Å²) in [5.74, 6) is 3.34. The zero-order valence-electron chi connectivity index (χ0n) is 9.88. The van der Waals surface area contributed by atoms with Crippen LogP contribution in [-0.4, -0.2) is 18.9 Å². The Kier molecular flexibility index (Phi) is 4.64. The highest BCUT2D eigenvalue weighted by molar-refractivity contribution is 5.89. The van der Waals surface area contributed by atoms with E-state index in [2.05, 4.69) is 21.3 Å². The van der Waals surface area contributed by atoms with Crippen molar-refractivity contribution in [1.82, 2.24) is 0 Å². The standard InChI is InChI=1S/C12H10F3NO3/c1-2-18-11(17)6-4-8-3-5-10(9(16)7-8)19-12(13,14)15/h3,5,7H,2,16H2,1H3. The number of halogens is 3. The van der Waals surface area contributed by atoms with E-state index in [4.69, 9.17) is 5.73 Å². The summed E-state index contributed by atoms with van der Waals surface area (Å²) in [6.07, 6.45) is -4.81. The number of anilines is 1. The van der Waals surface area contributed by atoms with Gasteiger partial charge in [0.25, 0.3) is 0 Å². The molecular formula is C12H10F3NO3. The van der Waals surface area contributed by atoms with Gasteiger partial charge in [0, 0.05) is 11.5 Å². The van der Waals surface area contributed by atoms with Crippen LogP contribution in [0.25, 0.3) is 0 Å². The van der Waals surface area contributed by atoms with E-state index < -0.39 is 18.1 Å². The lowest BCUT2D eigenvalue weighted by atomic mass is 10.2. The number of esters is 1. The fourth-order valence-corrected chi connectivity index (χ4v) is 1.13. The van der Waals surface area contributed by atoms with Gasteiger partial charge in [-0.25, -0.2) is 4.79 Å². The number of benzene rings is 1. The SMILES string of the molecule is CCOC(=O)C#Cc1ccc(OC(F)(F)F)c(N)c1. The molecule has 0 bridgehead atoms. The minimum Gasteiger partial charge on any atom is -0.456 e. The summed E-state index contributed by atoms with van der Waals surface area (Å²) in [6.45, 7) is 1.81. The Morgan fingerprint density at radius 1 is 1.42 bits per heavy atom. The second-order valence-corrected chi connectivity index (χ2v) is 3.27. The molecule has 0 atom stereocenters. The number of carbonyl (C=O) groups excluding carboxylic acids is 1. The Morgan fingerprint density at radius 3 is 2.63 bits per heavy atom. The number of ether oxygens (including phenoxy) is 2. The maximum atomic E-state index is 12.0. The predicted molar refractivity (Wildman–Crippen MR) is 61.0 cm³/mol. The molecule has 0 radical (unpaired) electrons. The Morgan fingerprint density at radius 2 is 2.11 bits per heavy atom. The number of hydrogen-bond donors (Lipinski definition) is 1. The maximum Gasteiger partial charge on any atom is 0.573 e. The van der Waals surface area contributed by atoms with Crippen LogP contribution in [0.1, 0.15) is 12.5 Å². The van der Waals surface area contributed by atoms with Crippen molar-refractivity contribution in [3.8, 4) is 17.6 Å². The summed E-state index contributed by atoms with van der Waals surface area (Å²) in [4.78, 5) is 11.0. The number of alkyl halides is 3. The van der Waals surface area contributed by atoms with Crippen molar-refractivity contribution >= 4 is 11.7 Å². The highest BCUT2D eigenvalue weighted by Gasteiger charge is 2.31. The number of rotatable bonds is 2. The van der Waals surface area contributed by atoms with Crippen molar-refractivity contribution in [2.24, 2.45) is 0 Å². The van der Waals surface area contributed by atoms with Crippen molar-refractivity contribution in [1.29, 1.82) is 0 Å². The van der Waals surface area contributed by atoms with Crippen LogP contribution in [0, 0.1) is 11.8 Å². The van der Waals surface area contributed by atoms with Crippen molar-refractivity contribution in [2.75, 3.05) is 12.3 Å². The van der Waals surface area contributed by atoms with Crippen LogP contribution < -0.4 is 10.5 Å². The molecule has 0 fully saturated rings. The van der Waals surface area contributed by atoms with Crippen molar-refractivity contribution in [3.63, 3.8) is 0 Å². The first-order valence-electron chi connectivity index (χ1n) is 5.16. The van der Waals surface area contributed by atoms with Crippen LogP contribution in [0.15, 0.2) is 18.2 Å². The van der Waals surface area contributed by atoms with Crippen LogP contribution in [0.3, 0.4) is 0 Å². The summed E-state index contributed by atoms with van der Waals surface area (Å²) in [6, 6.07) is 3.45. The first-order valence-corrected chi connectivity index (χ1v) is 5.16. The van der Waals surface area contributed by atoms with E-state index in [9.17, 15) is 18.0 Å². The molecule has 0 aromatic heterocycles. The summed E-state index contributed by atoms with van der Waals surface area (Å²) < 4.78 is 44.2. The van der Waals surface area contributed by atoms with Crippen LogP contribution in [0.2, 0.25) is 0 Å². The van der Waals surface area contributed by atoms with E-state index in [1.165, 1.54) is 12.1 Å². The third kappa shape index (κ3) is 5.21. The second-order valence-electron chi connectivity index (χ2n) is 3.27. The molecule has 4 nitrogen and oxygen atoms in total. The molecule has 0 aliphatic carbocycles. The molecule has 0 aliphatic rings. The van der Waals surface area contributed by atoms with E-state index >= 15 is 0 Å². The lowest BCUT2D eigenvalue weighted by Crippen LogP contribution is -2.18. The number of hydrogen-bond acceptors (Lipinski definition) is 4. The van der Waals surface area contributed by atoms with Gasteiger partial charge < -0.3 is 15.2 Å². The smallest absolute Gasteiger partial charge is 0.456 e. The molecule has 19 heavy (non-hydrogen) atoms. The average Bonchev–Trinajstić information content (AvgIpc) is 2.28. The number of nitrogen functional groups attached to an aromatic ring is 1. The number of nitrogens with two attached hydrogens (primary N) is 1. The van der Waals surface area contributed by atoms with Gasteiger partial charge >= 0.3 is 12.3 Å². The normalized spacial score (nSPS) is 10.3. The maximum absolute atomic E-state index is 12.0. The van der Waals surface area contributed by atoms with E-state index in [-0.39, 0.29) is 17.9 Å². The lowest BCUT2D eigenvalue weighted by molar-refractivity contribution is -0.274. The van der Waals surface area contributed by atoms with E-state index in [1.54, 1.807) is 6.92 Å². The van der Waals surface area contributed by atoms with Crippen LogP contribution >= 0.6 is 0 Å². The molecule has 1 aromatic rings. The van der Waals surface area contributed by atoms with Gasteiger partial charge in [0.15, 0.2) is 5.75 Å². The minimum absolute atomic E-state index is 0.189. The third-order valence-electron chi connectivity index (χ3n) is 1.82. The molecule has 0 aliphatic heterocycles. The van der Waals surface area contributed by atoms with Gasteiger partial charge in [-0.1, -0.05) is 5.92 Å². The molecule has 102 valence electrons. The van der Waals surface area contributed by atoms with Gasteiger partial charge in [0.05, 0.1) is 12.3 Å². The first kappa shape index (κ1) is 14.7. The zero-order valence-corrected chi connectivity index (χ0v) is 9.88. The fourth-order valence-electron chi connectivity index (χ4n) is 1.13. The largest absolute Gasteiger partial charge is 0.573 e. The molecular weight excluding hydrogens is 263 g/mol. The van der Waals surface area contributed by atoms with Gasteiger partial charge in [-0.2, -0.15) is 0 Å². The van der Waals surface area contributed by atoms with Crippen molar-refractivity contribution in [3.05, 3.63) is 23.8 Å². The summed E-state index contributed by atoms with van der Waals surface area (Å²) in [5, 5.41) is 0. The molecule has 0 heterocycles. The molecule has 1 rings (SSSR count). The predicted octanol–water partition coefficient (Wildman–Crippen LogP) is 2.08. The molecule has 0 saturated carbocycles. The number of carbonyl (C=O) groups is 1. The Hall–Kier alpha value is -2.36. The molecule has 0 spiro atoms. The minimum atomic E-state index is -4.81. The molecule has 7 heteroatoms. The van der Waals surface area contributed by atoms with E-state index in [0.29, 0.717) is 0 Å². The quantitative estimate of drug-likeness (QED) is 0.509. The Labute approximate surface area is 107 Å². The van der Waals surface area contributed by atoms with Gasteiger partial charge in [-0.05, 0) is 25.1 Å². The summed E-state index contributed by atoms with van der Waals surface area (Å²) in [7, 11) is 0.